The van der Waals surface area contributed by atoms with E-state index in [0.717, 1.165) is 0 Å². The molecule has 2 amide bonds. The third kappa shape index (κ3) is 2.50. The molecule has 12 heavy (non-hydrogen) atoms. The summed E-state index contributed by atoms with van der Waals surface area (Å²) in [5.41, 5.74) is 0. The lowest BCUT2D eigenvalue weighted by molar-refractivity contribution is -0.120. The summed E-state index contributed by atoms with van der Waals surface area (Å²) in [6, 6.07) is -0.0293. The molecule has 3 N–H and O–H groups in total. The van der Waals surface area contributed by atoms with Crippen molar-refractivity contribution in [3.8, 4) is 0 Å². The normalized spacial score (nSPS) is 22.1. The van der Waals surface area contributed by atoms with Crippen LogP contribution in [-0.4, -0.2) is 38.0 Å². The summed E-state index contributed by atoms with van der Waals surface area (Å²) in [7, 11) is 1.71. The molecule has 1 fully saturated rings. The maximum atomic E-state index is 11.0. The Balaban J connectivity index is 2.23. The van der Waals surface area contributed by atoms with E-state index in [1.54, 1.807) is 7.05 Å². The highest BCUT2D eigenvalue weighted by atomic mass is 16.2. The van der Waals surface area contributed by atoms with Crippen molar-refractivity contribution in [1.82, 2.24) is 16.0 Å². The summed E-state index contributed by atoms with van der Waals surface area (Å²) in [6.45, 7) is 0.846. The van der Waals surface area contributed by atoms with Crippen molar-refractivity contribution in [2.45, 2.75) is 12.5 Å². The molecular weight excluding hydrogens is 158 g/mol. The van der Waals surface area contributed by atoms with Crippen LogP contribution < -0.4 is 16.0 Å². The van der Waals surface area contributed by atoms with Crippen molar-refractivity contribution in [3.63, 3.8) is 0 Å². The Morgan fingerprint density at radius 1 is 1.75 bits per heavy atom. The molecule has 0 aromatic heterocycles. The number of rotatable bonds is 3. The van der Waals surface area contributed by atoms with Crippen LogP contribution in [0.1, 0.15) is 6.42 Å². The van der Waals surface area contributed by atoms with Crippen molar-refractivity contribution in [3.05, 3.63) is 0 Å². The van der Waals surface area contributed by atoms with Gasteiger partial charge in [-0.2, -0.15) is 0 Å². The Hall–Kier alpha value is -1.10. The Morgan fingerprint density at radius 2 is 2.50 bits per heavy atom. The van der Waals surface area contributed by atoms with E-state index in [4.69, 9.17) is 0 Å². The van der Waals surface area contributed by atoms with Gasteiger partial charge in [0.15, 0.2) is 0 Å². The number of hydrogen-bond donors (Lipinski definition) is 3. The molecule has 68 valence electrons. The third-order valence-corrected chi connectivity index (χ3v) is 1.68. The van der Waals surface area contributed by atoms with Crippen molar-refractivity contribution in [2.75, 3.05) is 20.1 Å². The van der Waals surface area contributed by atoms with E-state index in [-0.39, 0.29) is 17.9 Å². The van der Waals surface area contributed by atoms with Gasteiger partial charge in [0.25, 0.3) is 0 Å². The van der Waals surface area contributed by atoms with Crippen LogP contribution in [0.15, 0.2) is 0 Å². The number of amides is 2. The zero-order valence-electron chi connectivity index (χ0n) is 7.02. The van der Waals surface area contributed by atoms with Crippen LogP contribution in [0.25, 0.3) is 0 Å². The second-order valence-electron chi connectivity index (χ2n) is 2.80. The van der Waals surface area contributed by atoms with E-state index in [1.165, 1.54) is 0 Å². The van der Waals surface area contributed by atoms with Crippen LogP contribution in [0.2, 0.25) is 0 Å². The third-order valence-electron chi connectivity index (χ3n) is 1.68. The fourth-order valence-electron chi connectivity index (χ4n) is 1.15. The molecule has 0 bridgehead atoms. The van der Waals surface area contributed by atoms with Gasteiger partial charge in [-0.25, -0.2) is 0 Å². The van der Waals surface area contributed by atoms with Crippen LogP contribution in [0, 0.1) is 0 Å². The van der Waals surface area contributed by atoms with E-state index in [2.05, 4.69) is 16.0 Å². The molecule has 1 rings (SSSR count). The molecule has 1 heterocycles. The van der Waals surface area contributed by atoms with Crippen LogP contribution in [0.3, 0.4) is 0 Å². The summed E-state index contributed by atoms with van der Waals surface area (Å²) in [5, 5.41) is 8.10. The van der Waals surface area contributed by atoms with E-state index in [1.807, 2.05) is 0 Å². The highest BCUT2D eigenvalue weighted by molar-refractivity contribution is 5.82. The molecule has 1 saturated heterocycles. The molecule has 1 unspecified atom stereocenters. The fourth-order valence-corrected chi connectivity index (χ4v) is 1.15. The molecule has 0 aromatic carbocycles. The quantitative estimate of drug-likeness (QED) is 0.469. The number of nitrogens with one attached hydrogen (secondary N) is 3. The van der Waals surface area contributed by atoms with Crippen LogP contribution in [0.5, 0.6) is 0 Å². The highest BCUT2D eigenvalue weighted by Gasteiger charge is 2.22. The van der Waals surface area contributed by atoms with E-state index in [9.17, 15) is 9.59 Å². The van der Waals surface area contributed by atoms with Gasteiger partial charge in [0.1, 0.15) is 0 Å². The SMILES string of the molecule is CNCC(=O)NC1CNC(=O)C1. The summed E-state index contributed by atoms with van der Waals surface area (Å²) in [6.07, 6.45) is 0.398. The summed E-state index contributed by atoms with van der Waals surface area (Å²) >= 11 is 0. The number of likely N-dealkylation sites (N-methyl/N-ethyl adjacent to an activating group) is 1. The van der Waals surface area contributed by atoms with Crippen LogP contribution in [-0.2, 0) is 9.59 Å². The van der Waals surface area contributed by atoms with Crippen LogP contribution >= 0.6 is 0 Å². The van der Waals surface area contributed by atoms with Gasteiger partial charge in [0, 0.05) is 13.0 Å². The predicted molar refractivity (Wildman–Crippen MR) is 43.5 cm³/mol. The molecule has 1 atom stereocenters. The minimum atomic E-state index is -0.0704. The van der Waals surface area contributed by atoms with E-state index < -0.39 is 0 Å². The first-order valence-corrected chi connectivity index (χ1v) is 3.93. The fraction of sp³-hybridized carbons (Fsp3) is 0.714. The minimum absolute atomic E-state index is 0.00441. The molecular formula is C7H13N3O2. The van der Waals surface area contributed by atoms with Crippen molar-refractivity contribution in [1.29, 1.82) is 0 Å². The second-order valence-corrected chi connectivity index (χ2v) is 2.80. The summed E-state index contributed by atoms with van der Waals surface area (Å²) in [5.74, 6) is -0.0660. The first kappa shape index (κ1) is 8.99. The molecule has 0 aromatic rings. The molecule has 1 aliphatic heterocycles. The Morgan fingerprint density at radius 3 is 3.00 bits per heavy atom. The molecule has 0 radical (unpaired) electrons. The van der Waals surface area contributed by atoms with E-state index >= 15 is 0 Å². The van der Waals surface area contributed by atoms with Crippen molar-refractivity contribution >= 4 is 11.8 Å². The maximum absolute atomic E-state index is 11.0. The molecule has 1 aliphatic rings. The molecule has 0 saturated carbocycles. The lowest BCUT2D eigenvalue weighted by atomic mass is 10.2. The Kier molecular flexibility index (Phi) is 3.04. The van der Waals surface area contributed by atoms with Gasteiger partial charge in [-0.3, -0.25) is 9.59 Å². The maximum Gasteiger partial charge on any atom is 0.234 e. The number of hydrogen-bond acceptors (Lipinski definition) is 3. The van der Waals surface area contributed by atoms with Gasteiger partial charge < -0.3 is 16.0 Å². The second kappa shape index (κ2) is 4.06. The van der Waals surface area contributed by atoms with Gasteiger partial charge >= 0.3 is 0 Å². The zero-order chi connectivity index (χ0) is 8.97. The Bertz CT molecular complexity index is 193. The Labute approximate surface area is 70.9 Å². The van der Waals surface area contributed by atoms with Gasteiger partial charge in [-0.05, 0) is 7.05 Å². The molecule has 5 heteroatoms. The van der Waals surface area contributed by atoms with Crippen molar-refractivity contribution < 1.29 is 9.59 Å². The zero-order valence-corrected chi connectivity index (χ0v) is 7.02. The molecule has 0 aliphatic carbocycles. The molecule has 5 nitrogen and oxygen atoms in total. The van der Waals surface area contributed by atoms with E-state index in [0.29, 0.717) is 19.5 Å². The molecule has 0 spiro atoms. The summed E-state index contributed by atoms with van der Waals surface area (Å²) < 4.78 is 0. The number of carbonyl (C=O) groups is 2. The van der Waals surface area contributed by atoms with Gasteiger partial charge in [-0.15, -0.1) is 0 Å². The predicted octanol–water partition coefficient (Wildman–Crippen LogP) is -1.79. The van der Waals surface area contributed by atoms with Crippen LogP contribution in [0.4, 0.5) is 0 Å². The first-order chi connectivity index (χ1) is 5.72. The van der Waals surface area contributed by atoms with Gasteiger partial charge in [0.05, 0.1) is 12.6 Å². The van der Waals surface area contributed by atoms with Gasteiger partial charge in [-0.1, -0.05) is 0 Å². The average molecular weight is 171 g/mol. The smallest absolute Gasteiger partial charge is 0.234 e. The lowest BCUT2D eigenvalue weighted by Gasteiger charge is -2.09. The number of carbonyl (C=O) groups excluding carboxylic acids is 2. The lowest BCUT2D eigenvalue weighted by Crippen LogP contribution is -2.40. The monoisotopic (exact) mass is 171 g/mol. The standard InChI is InChI=1S/C7H13N3O2/c1-8-4-7(12)10-5-2-6(11)9-3-5/h5,8H,2-4H2,1H3,(H,9,11)(H,10,12). The summed E-state index contributed by atoms with van der Waals surface area (Å²) in [4.78, 5) is 21.7. The van der Waals surface area contributed by atoms with Crippen molar-refractivity contribution in [2.24, 2.45) is 0 Å². The average Bonchev–Trinajstić information content (AvgIpc) is 2.36. The largest absolute Gasteiger partial charge is 0.354 e. The topological polar surface area (TPSA) is 70.2 Å². The first-order valence-electron chi connectivity index (χ1n) is 3.93. The van der Waals surface area contributed by atoms with Gasteiger partial charge in [0.2, 0.25) is 11.8 Å². The minimum Gasteiger partial charge on any atom is -0.354 e. The highest BCUT2D eigenvalue weighted by Crippen LogP contribution is 1.97.